The van der Waals surface area contributed by atoms with E-state index in [1.165, 1.54) is 22.8 Å². The normalized spacial score (nSPS) is 11.9. The van der Waals surface area contributed by atoms with Crippen LogP contribution < -0.4 is 10.9 Å². The van der Waals surface area contributed by atoms with Gasteiger partial charge in [-0.05, 0) is 48.4 Å². The second kappa shape index (κ2) is 7.82. The van der Waals surface area contributed by atoms with Gasteiger partial charge in [0.05, 0.1) is 6.26 Å². The molecule has 3 rings (SSSR count). The zero-order chi connectivity index (χ0) is 18.5. The lowest BCUT2D eigenvalue weighted by Crippen LogP contribution is -2.32. The van der Waals surface area contributed by atoms with E-state index in [4.69, 9.17) is 4.42 Å². The van der Waals surface area contributed by atoms with E-state index in [9.17, 15) is 14.0 Å². The number of furan rings is 1. The average Bonchev–Trinajstić information content (AvgIpc) is 3.16. The number of hydrogen-bond acceptors (Lipinski definition) is 3. The van der Waals surface area contributed by atoms with E-state index in [0.717, 1.165) is 11.3 Å². The molecule has 0 aliphatic heterocycles. The van der Waals surface area contributed by atoms with Gasteiger partial charge in [-0.2, -0.15) is 0 Å². The van der Waals surface area contributed by atoms with Crippen molar-refractivity contribution in [2.45, 2.75) is 12.3 Å². The van der Waals surface area contributed by atoms with Crippen LogP contribution in [0.4, 0.5) is 4.39 Å². The summed E-state index contributed by atoms with van der Waals surface area (Å²) in [5.41, 5.74) is 0.656. The Bertz CT molecular complexity index is 930. The average molecular weight is 354 g/mol. The first-order valence-corrected chi connectivity index (χ1v) is 8.29. The highest BCUT2D eigenvalue weighted by atomic mass is 19.1. The summed E-state index contributed by atoms with van der Waals surface area (Å²) in [5.74, 6) is -0.102. The fraction of sp³-hybridized carbons (Fsp3) is 0.200. The molecule has 1 aromatic carbocycles. The maximum absolute atomic E-state index is 13.2. The molecule has 0 saturated heterocycles. The van der Waals surface area contributed by atoms with Crippen molar-refractivity contribution in [3.8, 4) is 0 Å². The second-order valence-corrected chi connectivity index (χ2v) is 6.00. The van der Waals surface area contributed by atoms with Crippen LogP contribution in [-0.2, 0) is 7.05 Å². The van der Waals surface area contributed by atoms with Crippen LogP contribution in [0.5, 0.6) is 0 Å². The minimum Gasteiger partial charge on any atom is -0.469 e. The van der Waals surface area contributed by atoms with Gasteiger partial charge in [0.25, 0.3) is 11.5 Å². The van der Waals surface area contributed by atoms with Gasteiger partial charge in [-0.3, -0.25) is 9.59 Å². The van der Waals surface area contributed by atoms with Gasteiger partial charge in [-0.1, -0.05) is 12.1 Å². The molecule has 3 aromatic rings. The standard InChI is InChI=1S/C20H19FN2O3/c1-23-12-2-4-17(20(23)25)19(24)22-11-10-16(18-5-3-13-26-18)14-6-8-15(21)9-7-14/h2-9,12-13,16H,10-11H2,1H3,(H,22,24)/t16-/m0/s1. The number of aromatic nitrogens is 1. The molecule has 1 amide bonds. The van der Waals surface area contributed by atoms with Crippen molar-refractivity contribution >= 4 is 5.91 Å². The van der Waals surface area contributed by atoms with E-state index < -0.39 is 5.91 Å². The van der Waals surface area contributed by atoms with Crippen LogP contribution in [0.1, 0.15) is 34.0 Å². The number of amides is 1. The third kappa shape index (κ3) is 3.91. The van der Waals surface area contributed by atoms with Crippen LogP contribution in [0.2, 0.25) is 0 Å². The fourth-order valence-corrected chi connectivity index (χ4v) is 2.85. The summed E-state index contributed by atoms with van der Waals surface area (Å²) in [6, 6.07) is 13.0. The number of carbonyl (C=O) groups excluding carboxylic acids is 1. The van der Waals surface area contributed by atoms with Gasteiger partial charge >= 0.3 is 0 Å². The van der Waals surface area contributed by atoms with Crippen molar-refractivity contribution in [1.82, 2.24) is 9.88 Å². The van der Waals surface area contributed by atoms with Crippen molar-refractivity contribution in [1.29, 1.82) is 0 Å². The highest BCUT2D eigenvalue weighted by molar-refractivity contribution is 5.93. The van der Waals surface area contributed by atoms with Crippen molar-refractivity contribution in [3.63, 3.8) is 0 Å². The molecule has 1 N–H and O–H groups in total. The first-order chi connectivity index (χ1) is 12.6. The molecule has 0 bridgehead atoms. The zero-order valence-electron chi connectivity index (χ0n) is 14.3. The number of carbonyl (C=O) groups is 1. The number of benzene rings is 1. The lowest BCUT2D eigenvalue weighted by molar-refractivity contribution is 0.0950. The molecular formula is C20H19FN2O3. The Balaban J connectivity index is 1.70. The molecule has 5 nitrogen and oxygen atoms in total. The lowest BCUT2D eigenvalue weighted by atomic mass is 9.93. The van der Waals surface area contributed by atoms with Gasteiger partial charge in [-0.25, -0.2) is 4.39 Å². The Morgan fingerprint density at radius 2 is 1.96 bits per heavy atom. The number of nitrogens with one attached hydrogen (secondary N) is 1. The van der Waals surface area contributed by atoms with E-state index in [2.05, 4.69) is 5.32 Å². The minimum atomic E-state index is -0.413. The molecule has 0 fully saturated rings. The van der Waals surface area contributed by atoms with Crippen LogP contribution in [0.3, 0.4) is 0 Å². The third-order valence-electron chi connectivity index (χ3n) is 4.25. The Kier molecular flexibility index (Phi) is 5.31. The van der Waals surface area contributed by atoms with Gasteiger partial charge < -0.3 is 14.3 Å². The maximum Gasteiger partial charge on any atom is 0.263 e. The van der Waals surface area contributed by atoms with Gasteiger partial charge in [0, 0.05) is 25.7 Å². The number of nitrogens with zero attached hydrogens (tertiary/aromatic N) is 1. The van der Waals surface area contributed by atoms with Gasteiger partial charge in [-0.15, -0.1) is 0 Å². The van der Waals surface area contributed by atoms with Crippen LogP contribution in [0.25, 0.3) is 0 Å². The Morgan fingerprint density at radius 1 is 1.19 bits per heavy atom. The summed E-state index contributed by atoms with van der Waals surface area (Å²) in [5, 5.41) is 2.77. The maximum atomic E-state index is 13.2. The summed E-state index contributed by atoms with van der Waals surface area (Å²) in [6.07, 6.45) is 3.73. The van der Waals surface area contributed by atoms with Gasteiger partial charge in [0.15, 0.2) is 0 Å². The smallest absolute Gasteiger partial charge is 0.263 e. The molecule has 0 spiro atoms. The second-order valence-electron chi connectivity index (χ2n) is 6.00. The first-order valence-electron chi connectivity index (χ1n) is 8.29. The number of aryl methyl sites for hydroxylation is 1. The minimum absolute atomic E-state index is 0.103. The van der Waals surface area contributed by atoms with Crippen LogP contribution in [0, 0.1) is 5.82 Å². The van der Waals surface area contributed by atoms with Crippen LogP contribution in [-0.4, -0.2) is 17.0 Å². The van der Waals surface area contributed by atoms with E-state index in [0.29, 0.717) is 13.0 Å². The molecule has 134 valence electrons. The molecule has 2 heterocycles. The number of pyridine rings is 1. The predicted molar refractivity (Wildman–Crippen MR) is 95.6 cm³/mol. The monoisotopic (exact) mass is 354 g/mol. The molecule has 0 aliphatic carbocycles. The molecule has 0 radical (unpaired) electrons. The Hall–Kier alpha value is -3.15. The largest absolute Gasteiger partial charge is 0.469 e. The molecule has 1 atom stereocenters. The van der Waals surface area contributed by atoms with E-state index >= 15 is 0 Å². The number of halogens is 1. The molecule has 0 aliphatic rings. The molecule has 0 unspecified atom stereocenters. The quantitative estimate of drug-likeness (QED) is 0.740. The topological polar surface area (TPSA) is 64.2 Å². The van der Waals surface area contributed by atoms with Crippen molar-refractivity contribution in [2.75, 3.05) is 6.54 Å². The third-order valence-corrected chi connectivity index (χ3v) is 4.25. The number of rotatable bonds is 6. The van der Waals surface area contributed by atoms with Crippen LogP contribution >= 0.6 is 0 Å². The summed E-state index contributed by atoms with van der Waals surface area (Å²) >= 11 is 0. The SMILES string of the molecule is Cn1cccc(C(=O)NCC[C@@H](c2ccc(F)cc2)c2ccco2)c1=O. The van der Waals surface area contributed by atoms with Crippen molar-refractivity contribution < 1.29 is 13.6 Å². The zero-order valence-corrected chi connectivity index (χ0v) is 14.3. The Labute approximate surface area is 150 Å². The fourth-order valence-electron chi connectivity index (χ4n) is 2.85. The molecule has 2 aromatic heterocycles. The summed E-state index contributed by atoms with van der Waals surface area (Å²) in [4.78, 5) is 24.3. The van der Waals surface area contributed by atoms with Crippen LogP contribution in [0.15, 0.2) is 70.2 Å². The predicted octanol–water partition coefficient (Wildman–Crippen LogP) is 3.07. The molecular weight excluding hydrogens is 335 g/mol. The number of hydrogen-bond donors (Lipinski definition) is 1. The first kappa shape index (κ1) is 17.7. The van der Waals surface area contributed by atoms with E-state index in [1.807, 2.05) is 6.07 Å². The lowest BCUT2D eigenvalue weighted by Gasteiger charge is -2.16. The highest BCUT2D eigenvalue weighted by Crippen LogP contribution is 2.28. The highest BCUT2D eigenvalue weighted by Gasteiger charge is 2.18. The van der Waals surface area contributed by atoms with Gasteiger partial charge in [0.2, 0.25) is 0 Å². The van der Waals surface area contributed by atoms with Gasteiger partial charge in [0.1, 0.15) is 17.1 Å². The summed E-state index contributed by atoms with van der Waals surface area (Å²) in [7, 11) is 1.60. The summed E-state index contributed by atoms with van der Waals surface area (Å²) < 4.78 is 20.1. The summed E-state index contributed by atoms with van der Waals surface area (Å²) in [6.45, 7) is 0.347. The molecule has 6 heteroatoms. The van der Waals surface area contributed by atoms with Crippen molar-refractivity contribution in [3.05, 3.63) is 94.0 Å². The Morgan fingerprint density at radius 3 is 2.65 bits per heavy atom. The molecule has 0 saturated carbocycles. The van der Waals surface area contributed by atoms with E-state index in [1.54, 1.807) is 43.8 Å². The van der Waals surface area contributed by atoms with E-state index in [-0.39, 0.29) is 22.9 Å². The molecule has 26 heavy (non-hydrogen) atoms. The van der Waals surface area contributed by atoms with Crippen molar-refractivity contribution in [2.24, 2.45) is 7.05 Å².